The molecule has 0 aliphatic rings. The van der Waals surface area contributed by atoms with Gasteiger partial charge in [-0.1, -0.05) is 13.8 Å². The van der Waals surface area contributed by atoms with E-state index in [0.717, 1.165) is 5.92 Å². The molecule has 0 bridgehead atoms. The summed E-state index contributed by atoms with van der Waals surface area (Å²) in [6.07, 6.45) is 5.42. The molecular weight excluding hydrogens is 134 g/mol. The van der Waals surface area contributed by atoms with Crippen LogP contribution in [0.3, 0.4) is 0 Å². The Morgan fingerprint density at radius 1 is 1.45 bits per heavy atom. The maximum absolute atomic E-state index is 2.24. The molecule has 0 N–H and O–H groups in total. The fraction of sp³-hybridized carbons (Fsp3) is 0.500. The number of hydrogen-bond acceptors (Lipinski definition) is 0. The molecule has 0 saturated carbocycles. The van der Waals surface area contributed by atoms with Gasteiger partial charge in [-0.05, 0) is 18.4 Å². The van der Waals surface area contributed by atoms with Crippen molar-refractivity contribution in [2.75, 3.05) is 0 Å². The lowest BCUT2D eigenvalue weighted by molar-refractivity contribution is -0.671. The average molecular weight is 150 g/mol. The highest BCUT2D eigenvalue weighted by Crippen LogP contribution is 2.03. The Bertz CT molecular complexity index is 228. The molecular formula is C10H16N+. The number of hydrogen-bond donors (Lipinski definition) is 0. The quantitative estimate of drug-likeness (QED) is 0.565. The van der Waals surface area contributed by atoms with Crippen molar-refractivity contribution >= 4 is 0 Å². The Morgan fingerprint density at radius 3 is 2.73 bits per heavy atom. The van der Waals surface area contributed by atoms with Crippen LogP contribution in [0.15, 0.2) is 24.5 Å². The fourth-order valence-corrected chi connectivity index (χ4v) is 1.24. The summed E-state index contributed by atoms with van der Waals surface area (Å²) in [6, 6.07) is 4.28. The van der Waals surface area contributed by atoms with Crippen LogP contribution in [-0.2, 0) is 13.5 Å². The molecule has 0 unspecified atom stereocenters. The maximum Gasteiger partial charge on any atom is 0.171 e. The molecule has 1 heterocycles. The summed E-state index contributed by atoms with van der Waals surface area (Å²) >= 11 is 0. The minimum atomic E-state index is 0.748. The van der Waals surface area contributed by atoms with Gasteiger partial charge in [-0.25, -0.2) is 4.57 Å². The number of pyridine rings is 1. The van der Waals surface area contributed by atoms with E-state index in [0.29, 0.717) is 0 Å². The predicted molar refractivity (Wildman–Crippen MR) is 46.2 cm³/mol. The second-order valence-corrected chi connectivity index (χ2v) is 3.48. The highest BCUT2D eigenvalue weighted by atomic mass is 14.9. The monoisotopic (exact) mass is 150 g/mol. The lowest BCUT2D eigenvalue weighted by Crippen LogP contribution is -2.27. The Hall–Kier alpha value is -0.850. The van der Waals surface area contributed by atoms with Gasteiger partial charge in [-0.2, -0.15) is 0 Å². The molecule has 0 aliphatic carbocycles. The topological polar surface area (TPSA) is 3.88 Å². The van der Waals surface area contributed by atoms with Gasteiger partial charge in [-0.3, -0.25) is 0 Å². The number of aromatic nitrogens is 1. The van der Waals surface area contributed by atoms with Gasteiger partial charge in [0.2, 0.25) is 0 Å². The zero-order valence-electron chi connectivity index (χ0n) is 7.54. The zero-order valence-corrected chi connectivity index (χ0v) is 7.54. The molecule has 1 aromatic rings. The SMILES string of the molecule is CC(C)Cc1ccc[n+](C)c1. The van der Waals surface area contributed by atoms with Crippen LogP contribution >= 0.6 is 0 Å². The van der Waals surface area contributed by atoms with E-state index in [9.17, 15) is 0 Å². The van der Waals surface area contributed by atoms with Gasteiger partial charge >= 0.3 is 0 Å². The summed E-state index contributed by atoms with van der Waals surface area (Å²) in [4.78, 5) is 0. The molecule has 1 heteroatoms. The second-order valence-electron chi connectivity index (χ2n) is 3.48. The predicted octanol–water partition coefficient (Wildman–Crippen LogP) is 1.71. The van der Waals surface area contributed by atoms with Crippen LogP contribution in [-0.4, -0.2) is 0 Å². The summed E-state index contributed by atoms with van der Waals surface area (Å²) in [5.74, 6) is 0.748. The minimum absolute atomic E-state index is 0.748. The normalized spacial score (nSPS) is 10.5. The van der Waals surface area contributed by atoms with E-state index in [1.807, 2.05) is 0 Å². The molecule has 0 amide bonds. The molecule has 0 saturated heterocycles. The molecule has 0 aliphatic heterocycles. The maximum atomic E-state index is 2.24. The van der Waals surface area contributed by atoms with Crippen molar-refractivity contribution in [3.63, 3.8) is 0 Å². The largest absolute Gasteiger partial charge is 0.208 e. The van der Waals surface area contributed by atoms with Crippen LogP contribution in [0.25, 0.3) is 0 Å². The summed E-state index contributed by atoms with van der Waals surface area (Å²) in [6.45, 7) is 4.49. The van der Waals surface area contributed by atoms with E-state index in [1.54, 1.807) is 0 Å². The Morgan fingerprint density at radius 2 is 2.18 bits per heavy atom. The summed E-state index contributed by atoms with van der Waals surface area (Å²) < 4.78 is 2.09. The van der Waals surface area contributed by atoms with Gasteiger partial charge in [0.1, 0.15) is 7.05 Å². The first-order chi connectivity index (χ1) is 5.18. The van der Waals surface area contributed by atoms with Gasteiger partial charge < -0.3 is 0 Å². The van der Waals surface area contributed by atoms with Gasteiger partial charge in [0.05, 0.1) is 0 Å². The molecule has 0 aromatic carbocycles. The van der Waals surface area contributed by atoms with Crippen molar-refractivity contribution in [1.29, 1.82) is 0 Å². The van der Waals surface area contributed by atoms with Gasteiger partial charge in [0.25, 0.3) is 0 Å². The first-order valence-corrected chi connectivity index (χ1v) is 4.12. The number of rotatable bonds is 2. The molecule has 1 nitrogen and oxygen atoms in total. The van der Waals surface area contributed by atoms with Crippen LogP contribution < -0.4 is 4.57 Å². The average Bonchev–Trinajstić information content (AvgIpc) is 1.85. The standard InChI is InChI=1S/C10H16N/c1-9(2)7-10-5-4-6-11(3)8-10/h4-6,8-9H,7H2,1-3H3/q+1. The van der Waals surface area contributed by atoms with Crippen molar-refractivity contribution < 1.29 is 4.57 Å². The Balaban J connectivity index is 2.71. The van der Waals surface area contributed by atoms with Gasteiger partial charge in [0.15, 0.2) is 12.4 Å². The molecule has 0 atom stereocenters. The first kappa shape index (κ1) is 8.25. The summed E-state index contributed by atoms with van der Waals surface area (Å²) in [7, 11) is 2.06. The molecule has 0 radical (unpaired) electrons. The minimum Gasteiger partial charge on any atom is -0.208 e. The first-order valence-electron chi connectivity index (χ1n) is 4.12. The number of aryl methyl sites for hydroxylation is 1. The van der Waals surface area contributed by atoms with Crippen LogP contribution in [0.2, 0.25) is 0 Å². The van der Waals surface area contributed by atoms with Crippen molar-refractivity contribution in [1.82, 2.24) is 0 Å². The molecule has 0 spiro atoms. The highest BCUT2D eigenvalue weighted by molar-refractivity contribution is 5.05. The van der Waals surface area contributed by atoms with Crippen molar-refractivity contribution in [2.45, 2.75) is 20.3 Å². The van der Waals surface area contributed by atoms with E-state index in [4.69, 9.17) is 0 Å². The number of nitrogens with zero attached hydrogens (tertiary/aromatic N) is 1. The molecule has 60 valence electrons. The van der Waals surface area contributed by atoms with E-state index in [1.165, 1.54) is 12.0 Å². The van der Waals surface area contributed by atoms with Crippen LogP contribution in [0.1, 0.15) is 19.4 Å². The van der Waals surface area contributed by atoms with E-state index >= 15 is 0 Å². The molecule has 1 rings (SSSR count). The lowest BCUT2D eigenvalue weighted by Gasteiger charge is -2.01. The lowest BCUT2D eigenvalue weighted by atomic mass is 10.1. The molecule has 1 aromatic heterocycles. The van der Waals surface area contributed by atoms with Gasteiger partial charge in [0, 0.05) is 11.6 Å². The van der Waals surface area contributed by atoms with Crippen molar-refractivity contribution in [3.8, 4) is 0 Å². The molecule has 11 heavy (non-hydrogen) atoms. The van der Waals surface area contributed by atoms with Gasteiger partial charge in [-0.15, -0.1) is 0 Å². The third-order valence-electron chi connectivity index (χ3n) is 1.64. The van der Waals surface area contributed by atoms with E-state index in [-0.39, 0.29) is 0 Å². The van der Waals surface area contributed by atoms with Crippen LogP contribution in [0, 0.1) is 5.92 Å². The smallest absolute Gasteiger partial charge is 0.171 e. The van der Waals surface area contributed by atoms with E-state index < -0.39 is 0 Å². The van der Waals surface area contributed by atoms with Crippen molar-refractivity contribution in [2.24, 2.45) is 13.0 Å². The molecule has 0 fully saturated rings. The highest BCUT2D eigenvalue weighted by Gasteiger charge is 2.00. The fourth-order valence-electron chi connectivity index (χ4n) is 1.24. The zero-order chi connectivity index (χ0) is 8.27. The van der Waals surface area contributed by atoms with E-state index in [2.05, 4.69) is 50.0 Å². The summed E-state index contributed by atoms with van der Waals surface area (Å²) in [5.41, 5.74) is 1.42. The third kappa shape index (κ3) is 2.71. The summed E-state index contributed by atoms with van der Waals surface area (Å²) in [5, 5.41) is 0. The van der Waals surface area contributed by atoms with Crippen LogP contribution in [0.5, 0.6) is 0 Å². The van der Waals surface area contributed by atoms with Crippen molar-refractivity contribution in [3.05, 3.63) is 30.1 Å². The second kappa shape index (κ2) is 3.51. The van der Waals surface area contributed by atoms with Crippen LogP contribution in [0.4, 0.5) is 0 Å². The Labute approximate surface area is 68.7 Å². The third-order valence-corrected chi connectivity index (χ3v) is 1.64. The Kier molecular flexibility index (Phi) is 2.64.